The van der Waals surface area contributed by atoms with Crippen LogP contribution in [-0.4, -0.2) is 32.3 Å². The average Bonchev–Trinajstić information content (AvgIpc) is 3.07. The summed E-state index contributed by atoms with van der Waals surface area (Å²) in [5.74, 6) is 1.30. The molecule has 0 aliphatic carbocycles. The second-order valence-corrected chi connectivity index (χ2v) is 7.02. The topological polar surface area (TPSA) is 65.2 Å². The van der Waals surface area contributed by atoms with Crippen molar-refractivity contribution < 1.29 is 13.5 Å². The summed E-state index contributed by atoms with van der Waals surface area (Å²) in [5.41, 5.74) is 0. The molecule has 2 aromatic heterocycles. The summed E-state index contributed by atoms with van der Waals surface area (Å²) >= 11 is 1.55. The maximum Gasteiger partial charge on any atom is 0.239 e. The van der Waals surface area contributed by atoms with Crippen molar-refractivity contribution in [3.05, 3.63) is 23.4 Å². The molecule has 0 saturated carbocycles. The summed E-state index contributed by atoms with van der Waals surface area (Å²) in [4.78, 5) is 5.24. The van der Waals surface area contributed by atoms with Gasteiger partial charge in [0.2, 0.25) is 11.7 Å². The van der Waals surface area contributed by atoms with E-state index < -0.39 is 10.8 Å². The van der Waals surface area contributed by atoms with E-state index in [9.17, 15) is 4.21 Å². The highest BCUT2D eigenvalue weighted by molar-refractivity contribution is 7.84. The predicted molar refractivity (Wildman–Crippen MR) is 73.3 cm³/mol. The number of ether oxygens (including phenoxy) is 1. The molecule has 0 spiro atoms. The number of nitrogens with zero attached hydrogens (tertiary/aromatic N) is 2. The van der Waals surface area contributed by atoms with E-state index in [1.807, 2.05) is 24.4 Å². The molecule has 5 nitrogen and oxygen atoms in total. The largest absolute Gasteiger partial charge is 0.377 e. The second-order valence-electron chi connectivity index (χ2n) is 4.42. The normalized spacial score (nSPS) is 24.7. The molecule has 3 atom stereocenters. The van der Waals surface area contributed by atoms with Crippen molar-refractivity contribution >= 4 is 22.1 Å². The zero-order chi connectivity index (χ0) is 13.2. The van der Waals surface area contributed by atoms with Crippen molar-refractivity contribution in [3.8, 4) is 10.7 Å². The Balaban J connectivity index is 1.69. The molecular formula is C12H14N2O3S2. The van der Waals surface area contributed by atoms with Crippen molar-refractivity contribution in [2.45, 2.75) is 30.5 Å². The Morgan fingerprint density at radius 2 is 2.47 bits per heavy atom. The number of thiophene rings is 1. The monoisotopic (exact) mass is 298 g/mol. The van der Waals surface area contributed by atoms with E-state index in [1.165, 1.54) is 0 Å². The molecule has 0 aromatic carbocycles. The van der Waals surface area contributed by atoms with Gasteiger partial charge >= 0.3 is 0 Å². The van der Waals surface area contributed by atoms with Crippen molar-refractivity contribution in [2.75, 3.05) is 6.61 Å². The standard InChI is InChI=1S/C12H14N2O3S2/c1-8-10(4-5-16-8)19(15)7-11-13-12(14-17-11)9-3-2-6-18-9/h2-3,6,8,10H,4-5,7H2,1H3/t8-,10-,19-/m0/s1. The Morgan fingerprint density at radius 3 is 3.16 bits per heavy atom. The lowest BCUT2D eigenvalue weighted by Gasteiger charge is -2.11. The molecule has 3 rings (SSSR count). The maximum absolute atomic E-state index is 12.2. The third kappa shape index (κ3) is 2.77. The minimum absolute atomic E-state index is 0.0421. The van der Waals surface area contributed by atoms with Crippen LogP contribution in [0.5, 0.6) is 0 Å². The van der Waals surface area contributed by atoms with Gasteiger partial charge < -0.3 is 9.26 Å². The summed E-state index contributed by atoms with van der Waals surface area (Å²) in [6.45, 7) is 2.64. The third-order valence-electron chi connectivity index (χ3n) is 3.12. The van der Waals surface area contributed by atoms with E-state index in [0.29, 0.717) is 24.1 Å². The number of aromatic nitrogens is 2. The predicted octanol–water partition coefficient (Wildman–Crippen LogP) is 2.22. The van der Waals surface area contributed by atoms with Crippen LogP contribution in [0.25, 0.3) is 10.7 Å². The van der Waals surface area contributed by atoms with Gasteiger partial charge in [-0.1, -0.05) is 11.2 Å². The molecule has 102 valence electrons. The molecule has 3 heterocycles. The Hall–Kier alpha value is -1.05. The minimum Gasteiger partial charge on any atom is -0.377 e. The van der Waals surface area contributed by atoms with Crippen LogP contribution in [0.4, 0.5) is 0 Å². The quantitative estimate of drug-likeness (QED) is 0.866. The summed E-state index contributed by atoms with van der Waals surface area (Å²) in [7, 11) is -1.03. The van der Waals surface area contributed by atoms with E-state index in [2.05, 4.69) is 10.1 Å². The fraction of sp³-hybridized carbons (Fsp3) is 0.500. The molecule has 1 saturated heterocycles. The zero-order valence-electron chi connectivity index (χ0n) is 10.4. The molecule has 1 fully saturated rings. The number of rotatable bonds is 4. The summed E-state index contributed by atoms with van der Waals surface area (Å²) < 4.78 is 22.8. The van der Waals surface area contributed by atoms with Gasteiger partial charge in [0, 0.05) is 17.4 Å². The molecule has 0 amide bonds. The molecule has 0 radical (unpaired) electrons. The fourth-order valence-electron chi connectivity index (χ4n) is 2.11. The van der Waals surface area contributed by atoms with Gasteiger partial charge in [-0.2, -0.15) is 4.98 Å². The maximum atomic E-state index is 12.2. The van der Waals surface area contributed by atoms with Crippen molar-refractivity contribution in [1.29, 1.82) is 0 Å². The van der Waals surface area contributed by atoms with Crippen LogP contribution in [0.2, 0.25) is 0 Å². The Bertz CT molecular complexity index is 567. The van der Waals surface area contributed by atoms with Gasteiger partial charge in [-0.25, -0.2) is 0 Å². The van der Waals surface area contributed by atoms with Crippen LogP contribution >= 0.6 is 11.3 Å². The van der Waals surface area contributed by atoms with Crippen LogP contribution in [-0.2, 0) is 21.3 Å². The van der Waals surface area contributed by atoms with Crippen molar-refractivity contribution in [2.24, 2.45) is 0 Å². The summed E-state index contributed by atoms with van der Waals surface area (Å²) in [5, 5.41) is 5.94. The molecule has 1 aliphatic heterocycles. The van der Waals surface area contributed by atoms with Crippen molar-refractivity contribution in [3.63, 3.8) is 0 Å². The van der Waals surface area contributed by atoms with E-state index in [-0.39, 0.29) is 11.4 Å². The van der Waals surface area contributed by atoms with E-state index in [1.54, 1.807) is 11.3 Å². The van der Waals surface area contributed by atoms with Gasteiger partial charge in [0.1, 0.15) is 5.75 Å². The van der Waals surface area contributed by atoms with Crippen LogP contribution in [0.3, 0.4) is 0 Å². The molecule has 19 heavy (non-hydrogen) atoms. The zero-order valence-corrected chi connectivity index (χ0v) is 12.1. The van der Waals surface area contributed by atoms with E-state index in [4.69, 9.17) is 9.26 Å². The van der Waals surface area contributed by atoms with E-state index in [0.717, 1.165) is 11.3 Å². The van der Waals surface area contributed by atoms with Gasteiger partial charge in [0.05, 0.1) is 16.2 Å². The Labute approximate surface area is 117 Å². The lowest BCUT2D eigenvalue weighted by Crippen LogP contribution is -2.24. The minimum atomic E-state index is -1.03. The third-order valence-corrected chi connectivity index (χ3v) is 5.81. The summed E-state index contributed by atoms with van der Waals surface area (Å²) in [6, 6.07) is 3.87. The first-order valence-electron chi connectivity index (χ1n) is 6.09. The Morgan fingerprint density at radius 1 is 1.58 bits per heavy atom. The molecule has 0 unspecified atom stereocenters. The summed E-state index contributed by atoms with van der Waals surface area (Å²) in [6.07, 6.45) is 0.875. The first-order chi connectivity index (χ1) is 9.24. The first-order valence-corrected chi connectivity index (χ1v) is 8.35. The van der Waals surface area contributed by atoms with Crippen LogP contribution < -0.4 is 0 Å². The highest BCUT2D eigenvalue weighted by Gasteiger charge is 2.30. The Kier molecular flexibility index (Phi) is 3.76. The first kappa shape index (κ1) is 13.0. The highest BCUT2D eigenvalue weighted by atomic mass is 32.2. The molecule has 2 aromatic rings. The van der Waals surface area contributed by atoms with Crippen LogP contribution in [0.15, 0.2) is 22.0 Å². The molecule has 7 heteroatoms. The molecule has 1 aliphatic rings. The van der Waals surface area contributed by atoms with Gasteiger partial charge in [0.25, 0.3) is 0 Å². The van der Waals surface area contributed by atoms with Gasteiger partial charge in [-0.3, -0.25) is 4.21 Å². The van der Waals surface area contributed by atoms with E-state index >= 15 is 0 Å². The average molecular weight is 298 g/mol. The smallest absolute Gasteiger partial charge is 0.239 e. The fourth-order valence-corrected chi connectivity index (χ4v) is 4.19. The van der Waals surface area contributed by atoms with Crippen LogP contribution in [0.1, 0.15) is 19.2 Å². The molecular weight excluding hydrogens is 284 g/mol. The van der Waals surface area contributed by atoms with Crippen LogP contribution in [0, 0.1) is 0 Å². The number of hydrogen-bond acceptors (Lipinski definition) is 6. The van der Waals surface area contributed by atoms with Gasteiger partial charge in [0.15, 0.2) is 0 Å². The highest BCUT2D eigenvalue weighted by Crippen LogP contribution is 2.23. The second kappa shape index (κ2) is 5.52. The lowest BCUT2D eigenvalue weighted by atomic mass is 10.3. The number of hydrogen-bond donors (Lipinski definition) is 0. The molecule has 0 bridgehead atoms. The molecule has 0 N–H and O–H groups in total. The van der Waals surface area contributed by atoms with Crippen molar-refractivity contribution in [1.82, 2.24) is 10.1 Å². The SMILES string of the molecule is C[C@@H]1OCC[C@@H]1[S@@](=O)Cc1nc(-c2cccs2)no1. The van der Waals surface area contributed by atoms with Gasteiger partial charge in [-0.15, -0.1) is 11.3 Å². The lowest BCUT2D eigenvalue weighted by molar-refractivity contribution is 0.127. The van der Waals surface area contributed by atoms with Gasteiger partial charge in [-0.05, 0) is 24.8 Å².